The van der Waals surface area contributed by atoms with Crippen LogP contribution in [0.4, 0.5) is 11.8 Å². The van der Waals surface area contributed by atoms with Crippen LogP contribution >= 0.6 is 0 Å². The number of imidazole rings is 1. The number of nitrogens with zero attached hydrogens (tertiary/aromatic N) is 7. The van der Waals surface area contributed by atoms with Gasteiger partial charge in [-0.3, -0.25) is 4.90 Å². The quantitative estimate of drug-likeness (QED) is 0.620. The maximum atomic E-state index is 4.90. The predicted molar refractivity (Wildman–Crippen MR) is 131 cm³/mol. The summed E-state index contributed by atoms with van der Waals surface area (Å²) in [5.74, 6) is 2.38. The molecule has 0 unspecified atom stereocenters. The molecule has 0 amide bonds. The van der Waals surface area contributed by atoms with E-state index >= 15 is 0 Å². The van der Waals surface area contributed by atoms with E-state index in [1.165, 1.54) is 11.1 Å². The molecule has 0 atom stereocenters. The zero-order chi connectivity index (χ0) is 22.9. The number of aromatic nitrogens is 5. The molecule has 5 rings (SSSR count). The van der Waals surface area contributed by atoms with Crippen molar-refractivity contribution in [1.29, 1.82) is 0 Å². The van der Waals surface area contributed by atoms with Crippen molar-refractivity contribution >= 4 is 11.8 Å². The van der Waals surface area contributed by atoms with Crippen LogP contribution in [0.15, 0.2) is 24.5 Å². The van der Waals surface area contributed by atoms with Gasteiger partial charge in [0.15, 0.2) is 0 Å². The number of piperazine rings is 1. The molecule has 8 nitrogen and oxygen atoms in total. The lowest BCUT2D eigenvalue weighted by molar-refractivity contribution is 0.132. The van der Waals surface area contributed by atoms with E-state index in [0.29, 0.717) is 12.0 Å². The second-order valence-electron chi connectivity index (χ2n) is 9.37. The molecule has 2 aliphatic rings. The van der Waals surface area contributed by atoms with Crippen molar-refractivity contribution < 1.29 is 0 Å². The van der Waals surface area contributed by atoms with E-state index in [4.69, 9.17) is 9.97 Å². The summed E-state index contributed by atoms with van der Waals surface area (Å²) in [7, 11) is 0. The molecule has 4 heterocycles. The summed E-state index contributed by atoms with van der Waals surface area (Å²) in [4.78, 5) is 23.9. The summed E-state index contributed by atoms with van der Waals surface area (Å²) >= 11 is 0. The smallest absolute Gasteiger partial charge is 0.228 e. The lowest BCUT2D eigenvalue weighted by Gasteiger charge is -2.33. The number of hydrogen-bond acceptors (Lipinski definition) is 7. The molecule has 8 heteroatoms. The van der Waals surface area contributed by atoms with Gasteiger partial charge in [0.2, 0.25) is 5.95 Å². The van der Waals surface area contributed by atoms with Crippen LogP contribution in [0.25, 0.3) is 11.4 Å². The van der Waals surface area contributed by atoms with Crippen LogP contribution in [-0.2, 0) is 19.4 Å². The third-order valence-electron chi connectivity index (χ3n) is 6.78. The Morgan fingerprint density at radius 3 is 2.45 bits per heavy atom. The maximum absolute atomic E-state index is 4.90. The van der Waals surface area contributed by atoms with Crippen LogP contribution in [0.1, 0.15) is 49.5 Å². The van der Waals surface area contributed by atoms with E-state index in [2.05, 4.69) is 63.4 Å². The zero-order valence-electron chi connectivity index (χ0n) is 20.2. The first-order chi connectivity index (χ1) is 16.0. The molecule has 1 fully saturated rings. The Balaban J connectivity index is 1.31. The highest BCUT2D eigenvalue weighted by Crippen LogP contribution is 2.35. The fourth-order valence-corrected chi connectivity index (χ4v) is 5.00. The molecule has 0 bridgehead atoms. The first-order valence-electron chi connectivity index (χ1n) is 12.1. The minimum Gasteiger partial charge on any atom is -0.324 e. The van der Waals surface area contributed by atoms with Gasteiger partial charge in [-0.25, -0.2) is 19.9 Å². The van der Waals surface area contributed by atoms with Gasteiger partial charge in [-0.05, 0) is 57.4 Å². The summed E-state index contributed by atoms with van der Waals surface area (Å²) in [6.45, 7) is 15.3. The lowest BCUT2D eigenvalue weighted by atomic mass is 9.97. The van der Waals surface area contributed by atoms with E-state index in [-0.39, 0.29) is 0 Å². The summed E-state index contributed by atoms with van der Waals surface area (Å²) in [6, 6.07) is 4.50. The Bertz CT molecular complexity index is 1110. The average molecular weight is 447 g/mol. The fraction of sp³-hybridized carbons (Fsp3) is 0.520. The largest absolute Gasteiger partial charge is 0.324 e. The van der Waals surface area contributed by atoms with Crippen molar-refractivity contribution in [2.75, 3.05) is 38.0 Å². The van der Waals surface area contributed by atoms with Crippen LogP contribution < -0.4 is 5.32 Å². The van der Waals surface area contributed by atoms with Gasteiger partial charge < -0.3 is 14.8 Å². The Kier molecular flexibility index (Phi) is 6.12. The number of pyridine rings is 1. The summed E-state index contributed by atoms with van der Waals surface area (Å²) in [5.41, 5.74) is 5.69. The molecule has 33 heavy (non-hydrogen) atoms. The summed E-state index contributed by atoms with van der Waals surface area (Å²) < 4.78 is 2.29. The zero-order valence-corrected chi connectivity index (χ0v) is 20.2. The first-order valence-corrected chi connectivity index (χ1v) is 12.1. The van der Waals surface area contributed by atoms with Gasteiger partial charge in [-0.1, -0.05) is 13.0 Å². The molecule has 1 aliphatic heterocycles. The highest BCUT2D eigenvalue weighted by molar-refractivity contribution is 5.67. The minimum atomic E-state index is 0.331. The molecule has 0 spiro atoms. The Morgan fingerprint density at radius 1 is 0.970 bits per heavy atom. The van der Waals surface area contributed by atoms with Crippen LogP contribution in [0.5, 0.6) is 0 Å². The number of hydrogen-bond donors (Lipinski definition) is 1. The van der Waals surface area contributed by atoms with E-state index in [9.17, 15) is 0 Å². The average Bonchev–Trinajstić information content (AvgIpc) is 3.17. The SMILES string of the molecule is CCN1CCN(Cc2ccc(Nc3ncc4c(n3)-c3c(nc(C)n3C(C)C)CC4)nc2)CC1. The molecular weight excluding hydrogens is 412 g/mol. The minimum absolute atomic E-state index is 0.331. The van der Waals surface area contributed by atoms with Gasteiger partial charge in [0.25, 0.3) is 0 Å². The highest BCUT2D eigenvalue weighted by atomic mass is 15.3. The van der Waals surface area contributed by atoms with E-state index in [1.807, 2.05) is 18.5 Å². The van der Waals surface area contributed by atoms with Crippen molar-refractivity contribution in [1.82, 2.24) is 34.3 Å². The lowest BCUT2D eigenvalue weighted by Crippen LogP contribution is -2.45. The number of anilines is 2. The van der Waals surface area contributed by atoms with Gasteiger partial charge in [0.1, 0.15) is 11.6 Å². The Morgan fingerprint density at radius 2 is 1.76 bits per heavy atom. The molecule has 174 valence electrons. The van der Waals surface area contributed by atoms with Crippen molar-refractivity contribution in [2.45, 2.75) is 53.1 Å². The first kappa shape index (κ1) is 22.0. The van der Waals surface area contributed by atoms with Gasteiger partial charge >= 0.3 is 0 Å². The number of aryl methyl sites for hydroxylation is 3. The van der Waals surface area contributed by atoms with Crippen LogP contribution in [0.2, 0.25) is 0 Å². The monoisotopic (exact) mass is 446 g/mol. The van der Waals surface area contributed by atoms with Crippen LogP contribution in [-0.4, -0.2) is 67.0 Å². The standard InChI is InChI=1S/C25H34N8/c1-5-31-10-12-32(13-11-31)16-19-6-9-22(26-14-19)29-25-27-15-20-7-8-21-24(23(20)30-25)33(17(2)3)18(4)28-21/h6,9,14-15,17H,5,7-8,10-13,16H2,1-4H3,(H,26,27,29,30). The van der Waals surface area contributed by atoms with E-state index in [1.54, 1.807) is 0 Å². The molecule has 0 aromatic carbocycles. The molecule has 0 radical (unpaired) electrons. The van der Waals surface area contributed by atoms with Crippen molar-refractivity contribution in [3.05, 3.63) is 47.2 Å². The van der Waals surface area contributed by atoms with Gasteiger partial charge in [0, 0.05) is 51.2 Å². The fourth-order valence-electron chi connectivity index (χ4n) is 5.00. The van der Waals surface area contributed by atoms with Gasteiger partial charge in [0.05, 0.1) is 17.1 Å². The van der Waals surface area contributed by atoms with Crippen molar-refractivity contribution in [3.63, 3.8) is 0 Å². The van der Waals surface area contributed by atoms with E-state index in [0.717, 1.165) is 80.8 Å². The number of likely N-dealkylation sites (N-methyl/N-ethyl adjacent to an activating group) is 1. The number of rotatable bonds is 6. The highest BCUT2D eigenvalue weighted by Gasteiger charge is 2.26. The van der Waals surface area contributed by atoms with Crippen molar-refractivity contribution in [3.8, 4) is 11.4 Å². The molecule has 1 N–H and O–H groups in total. The normalized spacial score (nSPS) is 16.6. The third-order valence-corrected chi connectivity index (χ3v) is 6.78. The molecule has 1 saturated heterocycles. The van der Waals surface area contributed by atoms with Crippen LogP contribution in [0, 0.1) is 6.92 Å². The Labute approximate surface area is 196 Å². The molecule has 1 aliphatic carbocycles. The molecule has 3 aromatic rings. The van der Waals surface area contributed by atoms with Gasteiger partial charge in [-0.15, -0.1) is 0 Å². The van der Waals surface area contributed by atoms with Crippen LogP contribution in [0.3, 0.4) is 0 Å². The molecule has 0 saturated carbocycles. The second-order valence-corrected chi connectivity index (χ2v) is 9.37. The maximum Gasteiger partial charge on any atom is 0.228 e. The van der Waals surface area contributed by atoms with E-state index < -0.39 is 0 Å². The number of nitrogens with one attached hydrogen (secondary N) is 1. The third kappa shape index (κ3) is 4.50. The molecule has 3 aromatic heterocycles. The summed E-state index contributed by atoms with van der Waals surface area (Å²) in [6.07, 6.45) is 5.78. The van der Waals surface area contributed by atoms with Gasteiger partial charge in [-0.2, -0.15) is 0 Å². The molecular formula is C25H34N8. The predicted octanol–water partition coefficient (Wildman–Crippen LogP) is 3.60. The Hall–Kier alpha value is -2.84. The number of fused-ring (bicyclic) bond motifs is 3. The second kappa shape index (κ2) is 9.19. The summed E-state index contributed by atoms with van der Waals surface area (Å²) in [5, 5.41) is 3.30. The topological polar surface area (TPSA) is 75.0 Å². The van der Waals surface area contributed by atoms with Crippen molar-refractivity contribution in [2.24, 2.45) is 0 Å².